The lowest BCUT2D eigenvalue weighted by Gasteiger charge is -2.22. The SMILES string of the molecule is CCc1c(-c2cc3ccccc3nc2C(=O)O)c(=O)c2cc(F)c(F)c(OC)c2n1C1CC1. The minimum atomic E-state index is -1.28. The van der Waals surface area contributed by atoms with E-state index in [1.165, 1.54) is 7.11 Å². The number of nitrogens with zero attached hydrogens (tertiary/aromatic N) is 2. The topological polar surface area (TPSA) is 81.4 Å². The molecule has 0 amide bonds. The molecular formula is C25H20F2N2O4. The molecule has 0 bridgehead atoms. The predicted octanol–water partition coefficient (Wildman–Crippen LogP) is 5.10. The Morgan fingerprint density at radius 3 is 2.61 bits per heavy atom. The van der Waals surface area contributed by atoms with Crippen molar-refractivity contribution in [3.8, 4) is 16.9 Å². The van der Waals surface area contributed by atoms with Gasteiger partial charge in [-0.15, -0.1) is 0 Å². The third-order valence-corrected chi connectivity index (χ3v) is 6.09. The summed E-state index contributed by atoms with van der Waals surface area (Å²) in [5, 5.41) is 10.5. The number of pyridine rings is 2. The van der Waals surface area contributed by atoms with Crippen LogP contribution in [0.4, 0.5) is 8.78 Å². The minimum absolute atomic E-state index is 0.0257. The van der Waals surface area contributed by atoms with Crippen LogP contribution in [0.15, 0.2) is 41.2 Å². The average Bonchev–Trinajstić information content (AvgIpc) is 3.64. The summed E-state index contributed by atoms with van der Waals surface area (Å²) < 4.78 is 36.1. The Balaban J connectivity index is 2.00. The van der Waals surface area contributed by atoms with Gasteiger partial charge in [0.2, 0.25) is 5.82 Å². The van der Waals surface area contributed by atoms with Crippen molar-refractivity contribution in [3.63, 3.8) is 0 Å². The number of aromatic carboxylic acids is 1. The van der Waals surface area contributed by atoms with E-state index in [1.807, 2.05) is 11.5 Å². The highest BCUT2D eigenvalue weighted by atomic mass is 19.2. The fourth-order valence-electron chi connectivity index (χ4n) is 4.54. The van der Waals surface area contributed by atoms with E-state index in [2.05, 4.69) is 4.98 Å². The van der Waals surface area contributed by atoms with Gasteiger partial charge in [0, 0.05) is 22.7 Å². The summed E-state index contributed by atoms with van der Waals surface area (Å²) in [5.74, 6) is -3.97. The van der Waals surface area contributed by atoms with Gasteiger partial charge in [-0.25, -0.2) is 14.2 Å². The molecular weight excluding hydrogens is 430 g/mol. The zero-order valence-electron chi connectivity index (χ0n) is 18.0. The lowest BCUT2D eigenvalue weighted by atomic mass is 9.95. The Kier molecular flexibility index (Phi) is 4.88. The van der Waals surface area contributed by atoms with Gasteiger partial charge in [-0.3, -0.25) is 4.79 Å². The molecule has 5 rings (SSSR count). The molecule has 1 fully saturated rings. The maximum absolute atomic E-state index is 14.6. The first-order valence-corrected chi connectivity index (χ1v) is 10.6. The zero-order chi connectivity index (χ0) is 23.4. The second kappa shape index (κ2) is 7.65. The number of benzene rings is 2. The largest absolute Gasteiger partial charge is 0.491 e. The molecule has 168 valence electrons. The molecule has 0 aliphatic heterocycles. The van der Waals surface area contributed by atoms with Crippen LogP contribution in [-0.4, -0.2) is 27.7 Å². The summed E-state index contributed by atoms with van der Waals surface area (Å²) in [4.78, 5) is 30.2. The Hall–Kier alpha value is -3.81. The second-order valence-electron chi connectivity index (χ2n) is 8.09. The molecule has 0 unspecified atom stereocenters. The van der Waals surface area contributed by atoms with E-state index in [-0.39, 0.29) is 39.5 Å². The summed E-state index contributed by atoms with van der Waals surface area (Å²) in [7, 11) is 1.23. The number of hydrogen-bond acceptors (Lipinski definition) is 4. The molecule has 1 N–H and O–H groups in total. The normalized spacial score (nSPS) is 13.6. The lowest BCUT2D eigenvalue weighted by Crippen LogP contribution is -2.20. The van der Waals surface area contributed by atoms with Crippen LogP contribution < -0.4 is 10.2 Å². The van der Waals surface area contributed by atoms with Crippen molar-refractivity contribution in [2.75, 3.05) is 7.11 Å². The predicted molar refractivity (Wildman–Crippen MR) is 120 cm³/mol. The third-order valence-electron chi connectivity index (χ3n) is 6.09. The number of carboxylic acid groups (broad SMARTS) is 1. The van der Waals surface area contributed by atoms with Gasteiger partial charge >= 0.3 is 5.97 Å². The van der Waals surface area contributed by atoms with E-state index < -0.39 is 23.0 Å². The molecule has 2 heterocycles. The first kappa shape index (κ1) is 21.1. The summed E-state index contributed by atoms with van der Waals surface area (Å²) in [6.45, 7) is 1.84. The summed E-state index contributed by atoms with van der Waals surface area (Å²) in [5.41, 5.74) is 0.653. The number of ether oxygens (including phenoxy) is 1. The molecule has 0 saturated heterocycles. The maximum atomic E-state index is 14.6. The van der Waals surface area contributed by atoms with Gasteiger partial charge in [0.25, 0.3) is 0 Å². The van der Waals surface area contributed by atoms with Gasteiger partial charge in [-0.05, 0) is 37.5 Å². The number of carbonyl (C=O) groups is 1. The number of carboxylic acids is 1. The molecule has 0 radical (unpaired) electrons. The molecule has 2 aromatic carbocycles. The van der Waals surface area contributed by atoms with Crippen LogP contribution in [0.3, 0.4) is 0 Å². The second-order valence-corrected chi connectivity index (χ2v) is 8.09. The van der Waals surface area contributed by atoms with Gasteiger partial charge in [0.15, 0.2) is 22.7 Å². The number of rotatable bonds is 5. The summed E-state index contributed by atoms with van der Waals surface area (Å²) in [6, 6.07) is 9.48. The van der Waals surface area contributed by atoms with Crippen molar-refractivity contribution in [3.05, 3.63) is 69.6 Å². The van der Waals surface area contributed by atoms with Crippen LogP contribution in [0.25, 0.3) is 32.9 Å². The smallest absolute Gasteiger partial charge is 0.355 e. The van der Waals surface area contributed by atoms with Crippen molar-refractivity contribution < 1.29 is 23.4 Å². The van der Waals surface area contributed by atoms with E-state index >= 15 is 0 Å². The van der Waals surface area contributed by atoms with Crippen LogP contribution in [0.1, 0.15) is 42.0 Å². The highest BCUT2D eigenvalue weighted by molar-refractivity contribution is 6.00. The summed E-state index contributed by atoms with van der Waals surface area (Å²) in [6.07, 6.45) is 1.97. The van der Waals surface area contributed by atoms with Crippen molar-refractivity contribution in [1.82, 2.24) is 9.55 Å². The van der Waals surface area contributed by atoms with Crippen LogP contribution in [0.2, 0.25) is 0 Å². The van der Waals surface area contributed by atoms with Crippen LogP contribution in [0.5, 0.6) is 5.75 Å². The molecule has 6 nitrogen and oxygen atoms in total. The van der Waals surface area contributed by atoms with E-state index in [1.54, 1.807) is 30.3 Å². The van der Waals surface area contributed by atoms with Crippen molar-refractivity contribution in [2.24, 2.45) is 0 Å². The zero-order valence-corrected chi connectivity index (χ0v) is 18.0. The highest BCUT2D eigenvalue weighted by Crippen LogP contribution is 2.43. The highest BCUT2D eigenvalue weighted by Gasteiger charge is 2.33. The first-order valence-electron chi connectivity index (χ1n) is 10.6. The molecule has 1 aliphatic rings. The van der Waals surface area contributed by atoms with Gasteiger partial charge in [0.05, 0.1) is 29.1 Å². The minimum Gasteiger partial charge on any atom is -0.491 e. The first-order chi connectivity index (χ1) is 15.9. The Bertz CT molecular complexity index is 1520. The molecule has 0 atom stereocenters. The number of para-hydroxylation sites is 1. The fraction of sp³-hybridized carbons (Fsp3) is 0.240. The van der Waals surface area contributed by atoms with Crippen molar-refractivity contribution >= 4 is 27.8 Å². The number of methoxy groups -OCH3 is 1. The van der Waals surface area contributed by atoms with Crippen molar-refractivity contribution in [2.45, 2.75) is 32.2 Å². The molecule has 33 heavy (non-hydrogen) atoms. The molecule has 8 heteroatoms. The fourth-order valence-corrected chi connectivity index (χ4v) is 4.54. The Labute approximate surface area is 187 Å². The Morgan fingerprint density at radius 1 is 1.24 bits per heavy atom. The van der Waals surface area contributed by atoms with E-state index in [0.29, 0.717) is 23.0 Å². The van der Waals surface area contributed by atoms with Gasteiger partial charge < -0.3 is 14.4 Å². The summed E-state index contributed by atoms with van der Waals surface area (Å²) >= 11 is 0. The number of hydrogen-bond donors (Lipinski definition) is 1. The average molecular weight is 450 g/mol. The van der Waals surface area contributed by atoms with E-state index in [0.717, 1.165) is 18.9 Å². The molecule has 0 spiro atoms. The molecule has 1 saturated carbocycles. The van der Waals surface area contributed by atoms with Gasteiger partial charge in [0.1, 0.15) is 0 Å². The number of fused-ring (bicyclic) bond motifs is 2. The van der Waals surface area contributed by atoms with E-state index in [4.69, 9.17) is 4.74 Å². The maximum Gasteiger partial charge on any atom is 0.355 e. The third kappa shape index (κ3) is 3.16. The number of aromatic nitrogens is 2. The van der Waals surface area contributed by atoms with E-state index in [9.17, 15) is 23.5 Å². The monoisotopic (exact) mass is 450 g/mol. The van der Waals surface area contributed by atoms with Gasteiger partial charge in [-0.1, -0.05) is 25.1 Å². The van der Waals surface area contributed by atoms with Crippen LogP contribution >= 0.6 is 0 Å². The van der Waals surface area contributed by atoms with Crippen molar-refractivity contribution in [1.29, 1.82) is 0 Å². The van der Waals surface area contributed by atoms with Gasteiger partial charge in [-0.2, -0.15) is 4.39 Å². The van der Waals surface area contributed by atoms with Crippen LogP contribution in [-0.2, 0) is 6.42 Å². The lowest BCUT2D eigenvalue weighted by molar-refractivity contribution is 0.0692. The molecule has 4 aromatic rings. The van der Waals surface area contributed by atoms with Crippen LogP contribution in [0, 0.1) is 11.6 Å². The number of halogens is 2. The Morgan fingerprint density at radius 2 is 1.97 bits per heavy atom. The molecule has 2 aromatic heterocycles. The molecule has 1 aliphatic carbocycles. The standard InChI is InChI=1S/C25H20F2N2O4/c1-3-18-19(14-10-12-6-4-5-7-17(12)28-21(14)25(31)32)23(30)15-11-16(26)20(27)24(33-2)22(15)29(18)13-8-9-13/h4-7,10-11,13H,3,8-9H2,1-2H3,(H,31,32). The quantitative estimate of drug-likeness (QED) is 0.458.